The molecule has 4 rings (SSSR count). The van der Waals surface area contributed by atoms with Gasteiger partial charge >= 0.3 is 0 Å². The van der Waals surface area contributed by atoms with Crippen LogP contribution in [0, 0.1) is 34.5 Å². The van der Waals surface area contributed by atoms with Gasteiger partial charge in [-0.2, -0.15) is 5.10 Å². The molecular weight excluding hydrogens is 374 g/mol. The minimum absolute atomic E-state index is 0.0284. The third kappa shape index (κ3) is 3.53. The number of hydrogen-bond acceptors (Lipinski definition) is 5. The van der Waals surface area contributed by atoms with Gasteiger partial charge in [0, 0.05) is 38.2 Å². The van der Waals surface area contributed by atoms with Crippen molar-refractivity contribution in [2.75, 3.05) is 27.2 Å². The molecule has 0 aromatic carbocycles. The van der Waals surface area contributed by atoms with E-state index in [0.29, 0.717) is 29.3 Å². The highest BCUT2D eigenvalue weighted by Crippen LogP contribution is 2.68. The zero-order valence-corrected chi connectivity index (χ0v) is 19.8. The largest absolute Gasteiger partial charge is 0.389 e. The van der Waals surface area contributed by atoms with Crippen LogP contribution in [-0.4, -0.2) is 55.3 Å². The van der Waals surface area contributed by atoms with Gasteiger partial charge in [-0.05, 0) is 93.9 Å². The Morgan fingerprint density at radius 2 is 1.87 bits per heavy atom. The summed E-state index contributed by atoms with van der Waals surface area (Å²) in [7, 11) is 3.96. The first-order chi connectivity index (χ1) is 14.2. The molecule has 4 aliphatic rings. The monoisotopic (exact) mass is 419 g/mol. The maximum atomic E-state index is 12.2. The zero-order valence-electron chi connectivity index (χ0n) is 19.8. The van der Waals surface area contributed by atoms with Gasteiger partial charge in [-0.1, -0.05) is 13.8 Å². The predicted octanol–water partition coefficient (Wildman–Crippen LogP) is 4.04. The van der Waals surface area contributed by atoms with Gasteiger partial charge in [0.2, 0.25) is 0 Å². The average Bonchev–Trinajstić information content (AvgIpc) is 2.97. The van der Waals surface area contributed by atoms with Crippen molar-refractivity contribution < 1.29 is 9.84 Å². The van der Waals surface area contributed by atoms with Crippen LogP contribution in [0.15, 0.2) is 5.10 Å². The van der Waals surface area contributed by atoms with Gasteiger partial charge in [0.15, 0.2) is 0 Å². The molecule has 8 atom stereocenters. The summed E-state index contributed by atoms with van der Waals surface area (Å²) in [5.74, 6) is 2.24. The third-order valence-electron chi connectivity index (χ3n) is 10.1. The van der Waals surface area contributed by atoms with Crippen LogP contribution in [0.25, 0.3) is 0 Å². The maximum Gasteiger partial charge on any atom is 0.0738 e. The maximum absolute atomic E-state index is 12.2. The molecule has 0 spiro atoms. The standard InChI is InChI=1S/C25H45N3O2/c1-23-11-9-20(30-15-5-14-26)16-18(23)6-7-22-21(23)10-12-24(2)19(17-27-28(3)4)8-13-25(22,24)29/h17-22,29H,5-16,26H2,1-4H3/b27-17+/t18-,19-,20+,21+,22-,23+,24-,25+/m1/s1. The van der Waals surface area contributed by atoms with E-state index in [0.717, 1.165) is 44.8 Å². The van der Waals surface area contributed by atoms with Gasteiger partial charge in [0.05, 0.1) is 11.7 Å². The number of nitrogens with two attached hydrogens (primary N) is 1. The molecule has 0 unspecified atom stereocenters. The molecule has 4 saturated carbocycles. The molecule has 0 aromatic rings. The van der Waals surface area contributed by atoms with E-state index in [1.807, 2.05) is 19.1 Å². The van der Waals surface area contributed by atoms with Crippen LogP contribution in [0.1, 0.15) is 78.1 Å². The number of nitrogens with zero attached hydrogens (tertiary/aromatic N) is 2. The number of rotatable bonds is 6. The fraction of sp³-hybridized carbons (Fsp3) is 0.960. The highest BCUT2D eigenvalue weighted by atomic mass is 16.5. The summed E-state index contributed by atoms with van der Waals surface area (Å²) >= 11 is 0. The SMILES string of the molecule is CN(C)/N=C/[C@H]1CC[C@]2(O)[C@@H]3CC[C@@H]4C[C@@H](OCCCN)CC[C@]4(C)[C@H]3CC[C@]12C. The first kappa shape index (κ1) is 22.5. The molecule has 0 aliphatic heterocycles. The summed E-state index contributed by atoms with van der Waals surface area (Å²) in [5.41, 5.74) is 5.45. The van der Waals surface area contributed by atoms with Gasteiger partial charge < -0.3 is 20.6 Å². The normalized spacial score (nSPS) is 48.3. The highest BCUT2D eigenvalue weighted by Gasteiger charge is 2.66. The minimum atomic E-state index is -0.526. The summed E-state index contributed by atoms with van der Waals surface area (Å²) in [6, 6.07) is 0. The van der Waals surface area contributed by atoms with Crippen LogP contribution in [0.2, 0.25) is 0 Å². The Balaban J connectivity index is 1.50. The summed E-state index contributed by atoms with van der Waals surface area (Å²) in [6.07, 6.45) is 14.0. The van der Waals surface area contributed by atoms with Crippen molar-refractivity contribution in [3.63, 3.8) is 0 Å². The van der Waals surface area contributed by atoms with E-state index in [1.165, 1.54) is 38.5 Å². The second-order valence-corrected chi connectivity index (χ2v) is 11.5. The van der Waals surface area contributed by atoms with Crippen molar-refractivity contribution in [3.05, 3.63) is 0 Å². The first-order valence-corrected chi connectivity index (χ1v) is 12.5. The Hall–Kier alpha value is -0.650. The zero-order chi connectivity index (χ0) is 21.6. The molecule has 0 saturated heterocycles. The molecule has 172 valence electrons. The van der Waals surface area contributed by atoms with Gasteiger partial charge in [-0.3, -0.25) is 0 Å². The van der Waals surface area contributed by atoms with Crippen LogP contribution in [0.3, 0.4) is 0 Å². The van der Waals surface area contributed by atoms with Crippen LogP contribution in [0.5, 0.6) is 0 Å². The van der Waals surface area contributed by atoms with Crippen molar-refractivity contribution in [2.45, 2.75) is 89.8 Å². The van der Waals surface area contributed by atoms with Crippen LogP contribution in [0.4, 0.5) is 0 Å². The van der Waals surface area contributed by atoms with E-state index in [9.17, 15) is 5.11 Å². The van der Waals surface area contributed by atoms with E-state index in [1.54, 1.807) is 0 Å². The molecule has 0 amide bonds. The van der Waals surface area contributed by atoms with Gasteiger partial charge in [0.25, 0.3) is 0 Å². The van der Waals surface area contributed by atoms with E-state index in [4.69, 9.17) is 10.5 Å². The first-order valence-electron chi connectivity index (χ1n) is 12.5. The Morgan fingerprint density at radius 1 is 1.07 bits per heavy atom. The molecule has 3 N–H and O–H groups in total. The lowest BCUT2D eigenvalue weighted by Crippen LogP contribution is -2.62. The molecule has 4 fully saturated rings. The van der Waals surface area contributed by atoms with Gasteiger partial charge in [-0.15, -0.1) is 0 Å². The lowest BCUT2D eigenvalue weighted by Gasteiger charge is -2.63. The second-order valence-electron chi connectivity index (χ2n) is 11.5. The molecule has 30 heavy (non-hydrogen) atoms. The van der Waals surface area contributed by atoms with E-state index >= 15 is 0 Å². The van der Waals surface area contributed by atoms with Crippen molar-refractivity contribution in [1.82, 2.24) is 5.01 Å². The lowest BCUT2D eigenvalue weighted by atomic mass is 9.43. The number of fused-ring (bicyclic) bond motifs is 5. The fourth-order valence-electron chi connectivity index (χ4n) is 8.16. The summed E-state index contributed by atoms with van der Waals surface area (Å²) in [4.78, 5) is 0. The van der Waals surface area contributed by atoms with Crippen molar-refractivity contribution in [1.29, 1.82) is 0 Å². The van der Waals surface area contributed by atoms with Crippen LogP contribution in [-0.2, 0) is 4.74 Å². The Kier molecular flexibility index (Phi) is 6.29. The highest BCUT2D eigenvalue weighted by molar-refractivity contribution is 5.63. The van der Waals surface area contributed by atoms with E-state index < -0.39 is 5.60 Å². The Bertz CT molecular complexity index is 640. The molecular formula is C25H45N3O2. The quantitative estimate of drug-likeness (QED) is 0.387. The molecule has 0 radical (unpaired) electrons. The Labute approximate surface area is 183 Å². The summed E-state index contributed by atoms with van der Waals surface area (Å²) in [6.45, 7) is 6.44. The Morgan fingerprint density at radius 3 is 2.60 bits per heavy atom. The molecule has 5 heteroatoms. The minimum Gasteiger partial charge on any atom is -0.389 e. The predicted molar refractivity (Wildman–Crippen MR) is 122 cm³/mol. The molecule has 0 heterocycles. The van der Waals surface area contributed by atoms with E-state index in [-0.39, 0.29) is 5.41 Å². The second kappa shape index (κ2) is 8.37. The summed E-state index contributed by atoms with van der Waals surface area (Å²) < 4.78 is 6.17. The molecule has 0 bridgehead atoms. The number of ether oxygens (including phenoxy) is 1. The smallest absolute Gasteiger partial charge is 0.0738 e. The van der Waals surface area contributed by atoms with E-state index in [2.05, 4.69) is 25.2 Å². The number of hydrogen-bond donors (Lipinski definition) is 2. The van der Waals surface area contributed by atoms with Crippen LogP contribution >= 0.6 is 0 Å². The fourth-order valence-corrected chi connectivity index (χ4v) is 8.16. The van der Waals surface area contributed by atoms with Crippen LogP contribution < -0.4 is 5.73 Å². The molecule has 4 aliphatic carbocycles. The average molecular weight is 420 g/mol. The number of hydrazone groups is 1. The van der Waals surface area contributed by atoms with Gasteiger partial charge in [-0.25, -0.2) is 0 Å². The number of aliphatic hydroxyl groups is 1. The third-order valence-corrected chi connectivity index (χ3v) is 10.1. The lowest BCUT2D eigenvalue weighted by molar-refractivity contribution is -0.207. The summed E-state index contributed by atoms with van der Waals surface area (Å²) in [5, 5.41) is 18.6. The topological polar surface area (TPSA) is 71.1 Å². The van der Waals surface area contributed by atoms with Crippen molar-refractivity contribution >= 4 is 6.21 Å². The van der Waals surface area contributed by atoms with Gasteiger partial charge in [0.1, 0.15) is 0 Å². The van der Waals surface area contributed by atoms with Crippen molar-refractivity contribution in [2.24, 2.45) is 45.3 Å². The van der Waals surface area contributed by atoms with Crippen molar-refractivity contribution in [3.8, 4) is 0 Å². The molecule has 5 nitrogen and oxygen atoms in total. The molecule has 0 aromatic heterocycles.